The minimum atomic E-state index is 0.0897. The fourth-order valence-electron chi connectivity index (χ4n) is 1.97. The standard InChI is InChI=1S/C15H19NO/c1-10(2)12-4-6-13(7-5-12)15-8-14(9-17)11(3)16-15/h4-8,10,16-17H,9H2,1-3H3. The molecule has 2 nitrogen and oxygen atoms in total. The predicted molar refractivity (Wildman–Crippen MR) is 71.0 cm³/mol. The maximum absolute atomic E-state index is 9.18. The first kappa shape index (κ1) is 11.9. The van der Waals surface area contributed by atoms with Gasteiger partial charge in [0.2, 0.25) is 0 Å². The Morgan fingerprint density at radius 2 is 1.82 bits per heavy atom. The smallest absolute Gasteiger partial charge is 0.0699 e. The Hall–Kier alpha value is -1.54. The molecule has 1 aromatic carbocycles. The average molecular weight is 229 g/mol. The summed E-state index contributed by atoms with van der Waals surface area (Å²) >= 11 is 0. The fraction of sp³-hybridized carbons (Fsp3) is 0.333. The number of aliphatic hydroxyl groups excluding tert-OH is 1. The highest BCUT2D eigenvalue weighted by molar-refractivity contribution is 5.61. The third-order valence-electron chi connectivity index (χ3n) is 3.18. The fourth-order valence-corrected chi connectivity index (χ4v) is 1.97. The number of rotatable bonds is 3. The van der Waals surface area contributed by atoms with E-state index in [1.807, 2.05) is 13.0 Å². The third kappa shape index (κ3) is 2.42. The lowest BCUT2D eigenvalue weighted by atomic mass is 10.0. The summed E-state index contributed by atoms with van der Waals surface area (Å²) in [6, 6.07) is 10.6. The number of aryl methyl sites for hydroxylation is 1. The molecule has 2 heteroatoms. The van der Waals surface area contributed by atoms with Crippen LogP contribution in [-0.4, -0.2) is 10.1 Å². The van der Waals surface area contributed by atoms with E-state index in [0.29, 0.717) is 5.92 Å². The van der Waals surface area contributed by atoms with E-state index in [4.69, 9.17) is 0 Å². The van der Waals surface area contributed by atoms with Gasteiger partial charge in [-0.05, 0) is 35.6 Å². The molecule has 90 valence electrons. The highest BCUT2D eigenvalue weighted by Crippen LogP contribution is 2.24. The lowest BCUT2D eigenvalue weighted by molar-refractivity contribution is 0.281. The predicted octanol–water partition coefficient (Wildman–Crippen LogP) is 3.61. The molecule has 2 rings (SSSR count). The Labute approximate surface area is 102 Å². The monoisotopic (exact) mass is 229 g/mol. The molecule has 0 saturated carbocycles. The van der Waals surface area contributed by atoms with E-state index in [9.17, 15) is 5.11 Å². The first-order valence-electron chi connectivity index (χ1n) is 6.01. The van der Waals surface area contributed by atoms with E-state index in [1.54, 1.807) is 0 Å². The molecule has 17 heavy (non-hydrogen) atoms. The maximum Gasteiger partial charge on any atom is 0.0699 e. The lowest BCUT2D eigenvalue weighted by Gasteiger charge is -2.05. The number of H-pyrrole nitrogens is 1. The minimum absolute atomic E-state index is 0.0897. The first-order chi connectivity index (χ1) is 8.11. The number of hydrogen-bond acceptors (Lipinski definition) is 1. The number of aromatic nitrogens is 1. The van der Waals surface area contributed by atoms with Crippen molar-refractivity contribution in [1.82, 2.24) is 4.98 Å². The number of hydrogen-bond donors (Lipinski definition) is 2. The molecule has 0 saturated heterocycles. The summed E-state index contributed by atoms with van der Waals surface area (Å²) < 4.78 is 0. The van der Waals surface area contributed by atoms with Gasteiger partial charge in [-0.1, -0.05) is 38.1 Å². The van der Waals surface area contributed by atoms with Gasteiger partial charge in [0.1, 0.15) is 0 Å². The van der Waals surface area contributed by atoms with Crippen LogP contribution >= 0.6 is 0 Å². The van der Waals surface area contributed by atoms with Crippen LogP contribution in [-0.2, 0) is 6.61 Å². The van der Waals surface area contributed by atoms with Crippen LogP contribution < -0.4 is 0 Å². The van der Waals surface area contributed by atoms with Crippen molar-refractivity contribution in [3.05, 3.63) is 47.2 Å². The zero-order chi connectivity index (χ0) is 12.4. The average Bonchev–Trinajstić information content (AvgIpc) is 2.70. The summed E-state index contributed by atoms with van der Waals surface area (Å²) in [5.74, 6) is 0.558. The van der Waals surface area contributed by atoms with Crippen molar-refractivity contribution in [2.24, 2.45) is 0 Å². The molecule has 0 atom stereocenters. The van der Waals surface area contributed by atoms with Gasteiger partial charge in [-0.25, -0.2) is 0 Å². The van der Waals surface area contributed by atoms with Crippen LogP contribution in [0.1, 0.15) is 36.6 Å². The molecule has 0 fully saturated rings. The van der Waals surface area contributed by atoms with Crippen molar-refractivity contribution in [2.45, 2.75) is 33.3 Å². The Bertz CT molecular complexity index is 494. The van der Waals surface area contributed by atoms with Gasteiger partial charge in [0.25, 0.3) is 0 Å². The second kappa shape index (κ2) is 4.76. The zero-order valence-electron chi connectivity index (χ0n) is 10.6. The Morgan fingerprint density at radius 3 is 2.29 bits per heavy atom. The summed E-state index contributed by atoms with van der Waals surface area (Å²) in [6.45, 7) is 6.46. The zero-order valence-corrected chi connectivity index (χ0v) is 10.6. The van der Waals surface area contributed by atoms with Gasteiger partial charge in [-0.3, -0.25) is 0 Å². The molecule has 0 bridgehead atoms. The topological polar surface area (TPSA) is 36.0 Å². The van der Waals surface area contributed by atoms with Crippen molar-refractivity contribution >= 4 is 0 Å². The Kier molecular flexibility index (Phi) is 3.34. The summed E-state index contributed by atoms with van der Waals surface area (Å²) in [6.07, 6.45) is 0. The highest BCUT2D eigenvalue weighted by atomic mass is 16.3. The van der Waals surface area contributed by atoms with E-state index >= 15 is 0 Å². The normalized spacial score (nSPS) is 11.1. The van der Waals surface area contributed by atoms with Gasteiger partial charge < -0.3 is 10.1 Å². The maximum atomic E-state index is 9.18. The van der Waals surface area contributed by atoms with Crippen molar-refractivity contribution in [1.29, 1.82) is 0 Å². The third-order valence-corrected chi connectivity index (χ3v) is 3.18. The largest absolute Gasteiger partial charge is 0.392 e. The van der Waals surface area contributed by atoms with E-state index < -0.39 is 0 Å². The van der Waals surface area contributed by atoms with E-state index in [2.05, 4.69) is 43.1 Å². The molecular weight excluding hydrogens is 210 g/mol. The summed E-state index contributed by atoms with van der Waals surface area (Å²) in [5.41, 5.74) is 5.59. The van der Waals surface area contributed by atoms with Crippen LogP contribution in [0.25, 0.3) is 11.3 Å². The van der Waals surface area contributed by atoms with Crippen LogP contribution in [0, 0.1) is 6.92 Å². The molecule has 2 N–H and O–H groups in total. The van der Waals surface area contributed by atoms with Gasteiger partial charge in [0.15, 0.2) is 0 Å². The van der Waals surface area contributed by atoms with Crippen LogP contribution in [0.5, 0.6) is 0 Å². The molecule has 1 aromatic heterocycles. The molecule has 0 aliphatic carbocycles. The number of aromatic amines is 1. The SMILES string of the molecule is Cc1[nH]c(-c2ccc(C(C)C)cc2)cc1CO. The molecule has 0 spiro atoms. The van der Waals surface area contributed by atoms with Crippen molar-refractivity contribution in [2.75, 3.05) is 0 Å². The Morgan fingerprint density at radius 1 is 1.18 bits per heavy atom. The van der Waals surface area contributed by atoms with E-state index in [0.717, 1.165) is 22.5 Å². The molecular formula is C15H19NO. The molecule has 0 radical (unpaired) electrons. The summed E-state index contributed by atoms with van der Waals surface area (Å²) in [7, 11) is 0. The summed E-state index contributed by atoms with van der Waals surface area (Å²) in [5, 5.41) is 9.18. The van der Waals surface area contributed by atoms with Crippen LogP contribution in [0.3, 0.4) is 0 Å². The van der Waals surface area contributed by atoms with Crippen LogP contribution in [0.15, 0.2) is 30.3 Å². The molecule has 0 aliphatic heterocycles. The van der Waals surface area contributed by atoms with Gasteiger partial charge in [0.05, 0.1) is 6.61 Å². The van der Waals surface area contributed by atoms with Crippen molar-refractivity contribution in [3.8, 4) is 11.3 Å². The van der Waals surface area contributed by atoms with Gasteiger partial charge in [-0.2, -0.15) is 0 Å². The van der Waals surface area contributed by atoms with E-state index in [-0.39, 0.29) is 6.61 Å². The molecule has 0 amide bonds. The lowest BCUT2D eigenvalue weighted by Crippen LogP contribution is -1.86. The van der Waals surface area contributed by atoms with Crippen LogP contribution in [0.4, 0.5) is 0 Å². The second-order valence-corrected chi connectivity index (χ2v) is 4.77. The van der Waals surface area contributed by atoms with Crippen molar-refractivity contribution in [3.63, 3.8) is 0 Å². The Balaban J connectivity index is 2.33. The minimum Gasteiger partial charge on any atom is -0.392 e. The van der Waals surface area contributed by atoms with Crippen molar-refractivity contribution < 1.29 is 5.11 Å². The van der Waals surface area contributed by atoms with Gasteiger partial charge in [-0.15, -0.1) is 0 Å². The number of benzene rings is 1. The molecule has 1 heterocycles. The van der Waals surface area contributed by atoms with E-state index in [1.165, 1.54) is 5.56 Å². The summed E-state index contributed by atoms with van der Waals surface area (Å²) in [4.78, 5) is 3.30. The quantitative estimate of drug-likeness (QED) is 0.828. The second-order valence-electron chi connectivity index (χ2n) is 4.77. The number of nitrogens with one attached hydrogen (secondary N) is 1. The first-order valence-corrected chi connectivity index (χ1v) is 6.01. The van der Waals surface area contributed by atoms with Gasteiger partial charge >= 0.3 is 0 Å². The van der Waals surface area contributed by atoms with Gasteiger partial charge in [0, 0.05) is 11.4 Å². The molecule has 2 aromatic rings. The van der Waals surface area contributed by atoms with Crippen LogP contribution in [0.2, 0.25) is 0 Å². The molecule has 0 aliphatic rings. The molecule has 0 unspecified atom stereocenters. The highest BCUT2D eigenvalue weighted by Gasteiger charge is 2.06. The number of aliphatic hydroxyl groups is 1.